The van der Waals surface area contributed by atoms with E-state index in [1.807, 2.05) is 54.2 Å². The average Bonchev–Trinajstić information content (AvgIpc) is 3.85. The Labute approximate surface area is 294 Å². The average molecular weight is 691 g/mol. The molecule has 0 atom stereocenters. The molecule has 2 aromatic carbocycles. The molecule has 51 heavy (non-hydrogen) atoms. The number of carbonyl (C=O) groups is 3. The van der Waals surface area contributed by atoms with Crippen LogP contribution in [-0.4, -0.2) is 69.5 Å². The van der Waals surface area contributed by atoms with Crippen molar-refractivity contribution in [3.63, 3.8) is 0 Å². The van der Waals surface area contributed by atoms with Crippen LogP contribution in [0.15, 0.2) is 48.5 Å². The number of carbonyl (C=O) groups excluding carboxylic acids is 3. The number of fused-ring (bicyclic) bond motifs is 8. The summed E-state index contributed by atoms with van der Waals surface area (Å²) in [5.41, 5.74) is 12.4. The maximum atomic E-state index is 14.0. The van der Waals surface area contributed by atoms with Crippen molar-refractivity contribution < 1.29 is 14.4 Å². The molecule has 0 spiro atoms. The van der Waals surface area contributed by atoms with Crippen LogP contribution < -0.4 is 21.7 Å². The van der Waals surface area contributed by atoms with Gasteiger partial charge >= 0.3 is 0 Å². The van der Waals surface area contributed by atoms with Gasteiger partial charge in [0.1, 0.15) is 11.4 Å². The highest BCUT2D eigenvalue weighted by atomic mass is 16.2. The van der Waals surface area contributed by atoms with E-state index in [2.05, 4.69) is 21.0 Å². The van der Waals surface area contributed by atoms with Gasteiger partial charge in [-0.05, 0) is 76.4 Å². The van der Waals surface area contributed by atoms with E-state index < -0.39 is 5.91 Å². The second-order valence-corrected chi connectivity index (χ2v) is 12.8. The van der Waals surface area contributed by atoms with Gasteiger partial charge in [-0.2, -0.15) is 10.2 Å². The summed E-state index contributed by atoms with van der Waals surface area (Å²) in [4.78, 5) is 49.2. The molecule has 0 fully saturated rings. The Morgan fingerprint density at radius 3 is 2.27 bits per heavy atom. The number of aryl methyl sites for hydroxylation is 4. The van der Waals surface area contributed by atoms with Gasteiger partial charge in [0.2, 0.25) is 17.8 Å². The van der Waals surface area contributed by atoms with Gasteiger partial charge < -0.3 is 20.2 Å². The second-order valence-electron chi connectivity index (χ2n) is 12.8. The molecule has 5 heterocycles. The van der Waals surface area contributed by atoms with Gasteiger partial charge in [-0.3, -0.25) is 34.4 Å². The first kappa shape index (κ1) is 33.7. The predicted octanol–water partition coefficient (Wildman–Crippen LogP) is 4.04. The van der Waals surface area contributed by atoms with Crippen molar-refractivity contribution in [1.29, 1.82) is 0 Å². The minimum atomic E-state index is -0.553. The van der Waals surface area contributed by atoms with Crippen LogP contribution in [0.3, 0.4) is 0 Å². The molecule has 0 aliphatic carbocycles. The van der Waals surface area contributed by atoms with Gasteiger partial charge in [-0.1, -0.05) is 18.6 Å². The first-order valence-corrected chi connectivity index (χ1v) is 17.4. The van der Waals surface area contributed by atoms with Gasteiger partial charge in [0.05, 0.1) is 33.5 Å². The lowest BCUT2D eigenvalue weighted by molar-refractivity contribution is 0.0994. The van der Waals surface area contributed by atoms with Gasteiger partial charge in [-0.25, -0.2) is 9.97 Å². The lowest BCUT2D eigenvalue weighted by Crippen LogP contribution is -2.27. The Kier molecular flexibility index (Phi) is 9.36. The summed E-state index contributed by atoms with van der Waals surface area (Å²) in [6.07, 6.45) is 3.17. The molecular formula is C36H42N12O3. The number of rotatable bonds is 2. The number of para-hydroxylation sites is 2. The van der Waals surface area contributed by atoms with Gasteiger partial charge in [0, 0.05) is 50.4 Å². The van der Waals surface area contributed by atoms with E-state index in [9.17, 15) is 14.4 Å². The molecular weight excluding hydrogens is 648 g/mol. The van der Waals surface area contributed by atoms with E-state index in [4.69, 9.17) is 20.8 Å². The second kappa shape index (κ2) is 14.2. The molecule has 1 aliphatic heterocycles. The molecule has 7 rings (SSSR count). The minimum Gasteiger partial charge on any atom is -0.366 e. The molecule has 15 heteroatoms. The molecule has 0 radical (unpaired) electrons. The van der Waals surface area contributed by atoms with Crippen molar-refractivity contribution in [2.75, 3.05) is 23.7 Å². The largest absolute Gasteiger partial charge is 0.366 e. The van der Waals surface area contributed by atoms with E-state index in [1.165, 1.54) is 0 Å². The van der Waals surface area contributed by atoms with Crippen LogP contribution in [-0.2, 0) is 32.6 Å². The summed E-state index contributed by atoms with van der Waals surface area (Å²) >= 11 is 0. The first-order valence-electron chi connectivity index (χ1n) is 17.4. The quantitative estimate of drug-likeness (QED) is 0.210. The van der Waals surface area contributed by atoms with E-state index in [0.29, 0.717) is 80.1 Å². The molecule has 3 amide bonds. The van der Waals surface area contributed by atoms with Crippen molar-refractivity contribution in [3.8, 4) is 0 Å². The number of anilines is 2. The Morgan fingerprint density at radius 1 is 0.824 bits per heavy atom. The summed E-state index contributed by atoms with van der Waals surface area (Å²) in [5, 5.41) is 18.9. The topological polar surface area (TPSA) is 185 Å². The van der Waals surface area contributed by atoms with Crippen molar-refractivity contribution in [2.24, 2.45) is 5.73 Å². The summed E-state index contributed by atoms with van der Waals surface area (Å²) in [6, 6.07) is 14.7. The number of hydrogen-bond acceptors (Lipinski definition) is 8. The highest BCUT2D eigenvalue weighted by Crippen LogP contribution is 2.24. The fourth-order valence-corrected chi connectivity index (χ4v) is 6.87. The van der Waals surface area contributed by atoms with E-state index in [1.54, 1.807) is 33.6 Å². The van der Waals surface area contributed by atoms with Crippen LogP contribution in [0.1, 0.15) is 74.5 Å². The zero-order valence-electron chi connectivity index (χ0n) is 29.1. The molecule has 15 nitrogen and oxygen atoms in total. The van der Waals surface area contributed by atoms with E-state index >= 15 is 0 Å². The maximum Gasteiger partial charge on any atom is 0.276 e. The van der Waals surface area contributed by atoms with Crippen molar-refractivity contribution in [1.82, 2.24) is 44.0 Å². The number of imidazole rings is 2. The summed E-state index contributed by atoms with van der Waals surface area (Å²) in [6.45, 7) is 9.02. The number of nitrogens with one attached hydrogen (secondary N) is 3. The lowest BCUT2D eigenvalue weighted by Gasteiger charge is -2.14. The van der Waals surface area contributed by atoms with E-state index in [0.717, 1.165) is 52.8 Å². The Morgan fingerprint density at radius 2 is 1.53 bits per heavy atom. The van der Waals surface area contributed by atoms with Gasteiger partial charge in [0.15, 0.2) is 0 Å². The molecule has 264 valence electrons. The summed E-state index contributed by atoms with van der Waals surface area (Å²) < 4.78 is 7.44. The molecule has 4 aromatic heterocycles. The number of primary amides is 1. The zero-order valence-corrected chi connectivity index (χ0v) is 29.1. The normalized spacial score (nSPS) is 15.2. The smallest absolute Gasteiger partial charge is 0.276 e. The van der Waals surface area contributed by atoms with Crippen LogP contribution in [0.2, 0.25) is 0 Å². The van der Waals surface area contributed by atoms with E-state index in [-0.39, 0.29) is 11.8 Å². The van der Waals surface area contributed by atoms with Crippen LogP contribution in [0, 0.1) is 13.8 Å². The maximum absolute atomic E-state index is 14.0. The third kappa shape index (κ3) is 6.71. The highest BCUT2D eigenvalue weighted by Gasteiger charge is 2.24. The molecule has 0 saturated carbocycles. The number of benzene rings is 2. The van der Waals surface area contributed by atoms with Crippen LogP contribution >= 0.6 is 0 Å². The molecule has 0 unspecified atom stereocenters. The molecule has 6 aromatic rings. The Bertz CT molecular complexity index is 2270. The highest BCUT2D eigenvalue weighted by molar-refractivity contribution is 6.04. The molecule has 0 saturated heterocycles. The van der Waals surface area contributed by atoms with Crippen LogP contribution in [0.4, 0.5) is 11.9 Å². The number of hydrogen-bond donors (Lipinski definition) is 4. The lowest BCUT2D eigenvalue weighted by atomic mass is 10.0. The molecule has 1 aliphatic rings. The summed E-state index contributed by atoms with van der Waals surface area (Å²) in [5.74, 6) is -0.285. The summed E-state index contributed by atoms with van der Waals surface area (Å²) in [7, 11) is 0. The Balaban J connectivity index is 1.22. The predicted molar refractivity (Wildman–Crippen MR) is 194 cm³/mol. The van der Waals surface area contributed by atoms with Crippen LogP contribution in [0.5, 0.6) is 0 Å². The Hall–Kier alpha value is -5.83. The van der Waals surface area contributed by atoms with Gasteiger partial charge in [-0.15, -0.1) is 0 Å². The number of aromatic nitrogens is 8. The number of nitrogens with zero attached hydrogens (tertiary/aromatic N) is 8. The van der Waals surface area contributed by atoms with Crippen molar-refractivity contribution >= 4 is 51.7 Å². The standard InChI is InChI=1S/C36H42N12O3/c1-4-47-31-25(23(3)44-47)10-6-5-9-17-48-30(20-22(2)43-48)33(50)41-36-40-27-21-24(32(37)49)13-14-29(27)46(36)19-16-38-15-18-45-28-12-8-7-11-26(28)39-35(45)42-34(31)51/h7-8,11-14,20-21,38H,4-6,9-10,15-19H2,1-3H3,(H2,37,49)(H,39,42,51)(H,40,41,50). The van der Waals surface area contributed by atoms with Crippen molar-refractivity contribution in [2.45, 2.75) is 72.6 Å². The first-order chi connectivity index (χ1) is 24.7. The number of nitrogens with two attached hydrogens (primary N) is 1. The van der Waals surface area contributed by atoms with Crippen LogP contribution in [0.25, 0.3) is 22.1 Å². The fourth-order valence-electron chi connectivity index (χ4n) is 6.87. The zero-order chi connectivity index (χ0) is 35.6. The fraction of sp³-hybridized carbons (Fsp3) is 0.361. The minimum absolute atomic E-state index is 0.235. The monoisotopic (exact) mass is 690 g/mol. The van der Waals surface area contributed by atoms with Gasteiger partial charge in [0.25, 0.3) is 11.8 Å². The molecule has 5 N–H and O–H groups in total. The number of amides is 3. The third-order valence-electron chi connectivity index (χ3n) is 9.36. The molecule has 0 bridgehead atoms. The third-order valence-corrected chi connectivity index (χ3v) is 9.36. The van der Waals surface area contributed by atoms with Crippen molar-refractivity contribution in [3.05, 3.63) is 82.4 Å². The SMILES string of the molecule is CCn1nc(C)c2c1C(=O)Nc1nc3ccccc3n1CCNCCn1c(nc3cc(C(N)=O)ccc31)NC(=O)c1cc(C)nn1CCCCC2.